The first-order valence-corrected chi connectivity index (χ1v) is 5.82. The zero-order valence-corrected chi connectivity index (χ0v) is 9.89. The molecule has 5 nitrogen and oxygen atoms in total. The van der Waals surface area contributed by atoms with Gasteiger partial charge in [0, 0.05) is 13.1 Å². The van der Waals surface area contributed by atoms with Gasteiger partial charge in [-0.15, -0.1) is 0 Å². The van der Waals surface area contributed by atoms with Crippen molar-refractivity contribution < 1.29 is 9.90 Å². The van der Waals surface area contributed by atoms with Crippen molar-refractivity contribution in [1.29, 1.82) is 0 Å². The van der Waals surface area contributed by atoms with Crippen LogP contribution in [-0.2, 0) is 0 Å². The van der Waals surface area contributed by atoms with Crippen molar-refractivity contribution in [3.63, 3.8) is 0 Å². The van der Waals surface area contributed by atoms with E-state index in [2.05, 4.69) is 4.98 Å². The van der Waals surface area contributed by atoms with E-state index < -0.39 is 5.97 Å². The molecule has 0 unspecified atom stereocenters. The van der Waals surface area contributed by atoms with Gasteiger partial charge in [-0.2, -0.15) is 0 Å². The van der Waals surface area contributed by atoms with Gasteiger partial charge in [-0.1, -0.05) is 12.8 Å². The first-order valence-electron chi connectivity index (χ1n) is 5.82. The monoisotopic (exact) mass is 235 g/mol. The van der Waals surface area contributed by atoms with Gasteiger partial charge < -0.3 is 15.7 Å². The molecule has 2 rings (SSSR count). The molecule has 1 fully saturated rings. The van der Waals surface area contributed by atoms with Crippen LogP contribution in [0.3, 0.4) is 0 Å². The number of hydrogen-bond acceptors (Lipinski definition) is 4. The highest BCUT2D eigenvalue weighted by atomic mass is 16.4. The molecule has 0 bridgehead atoms. The van der Waals surface area contributed by atoms with Crippen LogP contribution in [0.4, 0.5) is 11.5 Å². The maximum atomic E-state index is 10.9. The van der Waals surface area contributed by atoms with Crippen LogP contribution >= 0.6 is 0 Å². The predicted octanol–water partition coefficient (Wildman–Crippen LogP) is 1.74. The molecule has 0 amide bonds. The number of hydrogen-bond donors (Lipinski definition) is 2. The topological polar surface area (TPSA) is 79.5 Å². The summed E-state index contributed by atoms with van der Waals surface area (Å²) in [4.78, 5) is 17.0. The molecule has 0 spiro atoms. The molecular formula is C12H17N3O2. The summed E-state index contributed by atoms with van der Waals surface area (Å²) >= 11 is 0. The molecule has 1 saturated carbocycles. The van der Waals surface area contributed by atoms with Gasteiger partial charge in [-0.25, -0.2) is 9.78 Å². The zero-order chi connectivity index (χ0) is 12.4. The number of carbonyl (C=O) groups is 1. The summed E-state index contributed by atoms with van der Waals surface area (Å²) in [6.07, 6.45) is 4.67. The van der Waals surface area contributed by atoms with Gasteiger partial charge in [-0.3, -0.25) is 0 Å². The Morgan fingerprint density at radius 3 is 2.71 bits per heavy atom. The molecule has 5 heteroatoms. The molecule has 1 aromatic heterocycles. The van der Waals surface area contributed by atoms with Crippen LogP contribution in [0, 0.1) is 0 Å². The van der Waals surface area contributed by atoms with Crippen molar-refractivity contribution in [2.24, 2.45) is 0 Å². The normalized spacial score (nSPS) is 16.1. The molecule has 3 N–H and O–H groups in total. The van der Waals surface area contributed by atoms with E-state index >= 15 is 0 Å². The lowest BCUT2D eigenvalue weighted by molar-refractivity contribution is 0.0690. The van der Waals surface area contributed by atoms with E-state index in [0.29, 0.717) is 17.5 Å². The number of aromatic nitrogens is 1. The van der Waals surface area contributed by atoms with Crippen LogP contribution in [0.2, 0.25) is 0 Å². The summed E-state index contributed by atoms with van der Waals surface area (Å²) in [5.74, 6) is -0.442. The summed E-state index contributed by atoms with van der Waals surface area (Å²) in [5, 5.41) is 8.93. The number of nitrogen functional groups attached to an aromatic ring is 1. The largest absolute Gasteiger partial charge is 0.477 e. The van der Waals surface area contributed by atoms with Crippen molar-refractivity contribution in [2.75, 3.05) is 17.7 Å². The number of anilines is 2. The molecule has 92 valence electrons. The van der Waals surface area contributed by atoms with Crippen LogP contribution in [0.15, 0.2) is 12.1 Å². The van der Waals surface area contributed by atoms with E-state index in [1.165, 1.54) is 18.9 Å². The molecule has 0 saturated heterocycles. The van der Waals surface area contributed by atoms with Crippen molar-refractivity contribution in [3.8, 4) is 0 Å². The van der Waals surface area contributed by atoms with Crippen LogP contribution in [0.5, 0.6) is 0 Å². The number of aromatic carboxylic acids is 1. The number of rotatable bonds is 3. The van der Waals surface area contributed by atoms with E-state index in [1.807, 2.05) is 11.9 Å². The first-order chi connectivity index (χ1) is 8.09. The van der Waals surface area contributed by atoms with Gasteiger partial charge in [-0.05, 0) is 25.0 Å². The maximum Gasteiger partial charge on any atom is 0.354 e. The number of nitrogens with two attached hydrogens (primary N) is 1. The average molecular weight is 235 g/mol. The molecule has 0 atom stereocenters. The van der Waals surface area contributed by atoms with Crippen molar-refractivity contribution in [2.45, 2.75) is 31.7 Å². The maximum absolute atomic E-state index is 10.9. The third-order valence-electron chi connectivity index (χ3n) is 3.33. The molecule has 0 radical (unpaired) electrons. The van der Waals surface area contributed by atoms with Crippen LogP contribution < -0.4 is 10.6 Å². The Balaban J connectivity index is 2.29. The standard InChI is InChI=1S/C12H17N3O2/c1-15(8-4-2-3-5-8)11-9(13)6-7-10(14-11)12(16)17/h6-8H,2-5,13H2,1H3,(H,16,17). The fourth-order valence-corrected chi connectivity index (χ4v) is 2.33. The number of carboxylic acids is 1. The van der Waals surface area contributed by atoms with E-state index in [1.54, 1.807) is 6.07 Å². The average Bonchev–Trinajstić information content (AvgIpc) is 2.81. The summed E-state index contributed by atoms with van der Waals surface area (Å²) < 4.78 is 0. The lowest BCUT2D eigenvalue weighted by Crippen LogP contribution is -2.30. The summed E-state index contributed by atoms with van der Waals surface area (Å²) in [5.41, 5.74) is 6.43. The molecule has 1 aliphatic rings. The number of pyridine rings is 1. The minimum Gasteiger partial charge on any atom is -0.477 e. The summed E-state index contributed by atoms with van der Waals surface area (Å²) in [7, 11) is 1.93. The molecule has 1 aliphatic carbocycles. The zero-order valence-electron chi connectivity index (χ0n) is 9.89. The summed E-state index contributed by atoms with van der Waals surface area (Å²) in [6, 6.07) is 3.47. The van der Waals surface area contributed by atoms with E-state index in [-0.39, 0.29) is 5.69 Å². The van der Waals surface area contributed by atoms with Gasteiger partial charge in [0.15, 0.2) is 11.5 Å². The lowest BCUT2D eigenvalue weighted by Gasteiger charge is -2.26. The highest BCUT2D eigenvalue weighted by molar-refractivity contribution is 5.87. The van der Waals surface area contributed by atoms with E-state index in [9.17, 15) is 4.79 Å². The second-order valence-electron chi connectivity index (χ2n) is 4.46. The van der Waals surface area contributed by atoms with Gasteiger partial charge in [0.05, 0.1) is 5.69 Å². The molecule has 1 aromatic rings. The second-order valence-corrected chi connectivity index (χ2v) is 4.46. The minimum absolute atomic E-state index is 0.0408. The highest BCUT2D eigenvalue weighted by Crippen LogP contribution is 2.29. The number of nitrogens with zero attached hydrogens (tertiary/aromatic N) is 2. The Labute approximate surface area is 100 Å². The SMILES string of the molecule is CN(c1nc(C(=O)O)ccc1N)C1CCCC1. The number of carboxylic acid groups (broad SMARTS) is 1. The molecule has 1 heterocycles. The minimum atomic E-state index is -1.02. The summed E-state index contributed by atoms with van der Waals surface area (Å²) in [6.45, 7) is 0. The third kappa shape index (κ3) is 2.33. The van der Waals surface area contributed by atoms with Crippen LogP contribution in [0.25, 0.3) is 0 Å². The Kier molecular flexibility index (Phi) is 3.17. The lowest BCUT2D eigenvalue weighted by atomic mass is 10.2. The van der Waals surface area contributed by atoms with Crippen molar-refractivity contribution in [1.82, 2.24) is 4.98 Å². The fourth-order valence-electron chi connectivity index (χ4n) is 2.33. The molecule has 0 aliphatic heterocycles. The van der Waals surface area contributed by atoms with Gasteiger partial charge in [0.1, 0.15) is 0 Å². The van der Waals surface area contributed by atoms with Gasteiger partial charge in [0.25, 0.3) is 0 Å². The van der Waals surface area contributed by atoms with Crippen LogP contribution in [-0.4, -0.2) is 29.1 Å². The van der Waals surface area contributed by atoms with Gasteiger partial charge >= 0.3 is 5.97 Å². The van der Waals surface area contributed by atoms with Crippen molar-refractivity contribution in [3.05, 3.63) is 17.8 Å². The molecule has 17 heavy (non-hydrogen) atoms. The second kappa shape index (κ2) is 4.61. The van der Waals surface area contributed by atoms with Crippen molar-refractivity contribution >= 4 is 17.5 Å². The Morgan fingerprint density at radius 1 is 1.47 bits per heavy atom. The molecule has 0 aromatic carbocycles. The fraction of sp³-hybridized carbons (Fsp3) is 0.500. The Bertz CT molecular complexity index is 428. The Hall–Kier alpha value is -1.78. The van der Waals surface area contributed by atoms with E-state index in [4.69, 9.17) is 10.8 Å². The van der Waals surface area contributed by atoms with Gasteiger partial charge in [0.2, 0.25) is 0 Å². The predicted molar refractivity (Wildman–Crippen MR) is 66.3 cm³/mol. The smallest absolute Gasteiger partial charge is 0.354 e. The Morgan fingerprint density at radius 2 is 2.12 bits per heavy atom. The first kappa shape index (κ1) is 11.7. The van der Waals surface area contributed by atoms with Crippen LogP contribution in [0.1, 0.15) is 36.2 Å². The third-order valence-corrected chi connectivity index (χ3v) is 3.33. The van der Waals surface area contributed by atoms with E-state index in [0.717, 1.165) is 12.8 Å². The molecular weight excluding hydrogens is 218 g/mol. The quantitative estimate of drug-likeness (QED) is 0.834. The highest BCUT2D eigenvalue weighted by Gasteiger charge is 2.22.